The van der Waals surface area contributed by atoms with Crippen LogP contribution in [0.25, 0.3) is 10.8 Å². The molecular formula is C17H21N3O. The van der Waals surface area contributed by atoms with E-state index in [0.29, 0.717) is 11.4 Å². The summed E-state index contributed by atoms with van der Waals surface area (Å²) < 4.78 is 0. The number of pyridine rings is 1. The topological polar surface area (TPSA) is 68.0 Å². The molecule has 0 atom stereocenters. The Bertz CT molecular complexity index is 675. The van der Waals surface area contributed by atoms with Gasteiger partial charge in [0, 0.05) is 28.2 Å². The minimum Gasteiger partial charge on any atom is -0.398 e. The monoisotopic (exact) mass is 283 g/mol. The second-order valence-corrected chi connectivity index (χ2v) is 5.86. The lowest BCUT2D eigenvalue weighted by Crippen LogP contribution is -2.36. The van der Waals surface area contributed by atoms with E-state index in [-0.39, 0.29) is 11.9 Å². The zero-order valence-electron chi connectivity index (χ0n) is 12.4. The molecule has 3 rings (SSSR count). The number of carbonyl (C=O) groups excluding carboxylic acids is 1. The van der Waals surface area contributed by atoms with Crippen molar-refractivity contribution in [1.29, 1.82) is 0 Å². The van der Waals surface area contributed by atoms with Gasteiger partial charge in [0.2, 0.25) is 0 Å². The summed E-state index contributed by atoms with van der Waals surface area (Å²) in [5.74, 6) is -0.0822. The number of benzene rings is 1. The van der Waals surface area contributed by atoms with Crippen LogP contribution >= 0.6 is 0 Å². The molecule has 2 aromatic rings. The molecule has 0 spiro atoms. The molecule has 21 heavy (non-hydrogen) atoms. The minimum absolute atomic E-state index is 0.0822. The van der Waals surface area contributed by atoms with E-state index < -0.39 is 0 Å². The smallest absolute Gasteiger partial charge is 0.270 e. The van der Waals surface area contributed by atoms with Crippen LogP contribution in [0.2, 0.25) is 0 Å². The number of aromatic nitrogens is 1. The van der Waals surface area contributed by atoms with Gasteiger partial charge in [0.25, 0.3) is 5.91 Å². The molecule has 1 aromatic carbocycles. The van der Waals surface area contributed by atoms with E-state index in [9.17, 15) is 4.79 Å². The van der Waals surface area contributed by atoms with Crippen molar-refractivity contribution in [2.75, 3.05) is 5.73 Å². The summed E-state index contributed by atoms with van der Waals surface area (Å²) in [6.07, 6.45) is 5.80. The number of nitrogen functional groups attached to an aromatic ring is 1. The van der Waals surface area contributed by atoms with E-state index in [1.54, 1.807) is 0 Å². The highest BCUT2D eigenvalue weighted by atomic mass is 16.1. The lowest BCUT2D eigenvalue weighted by atomic mass is 9.95. The van der Waals surface area contributed by atoms with Crippen molar-refractivity contribution < 1.29 is 4.79 Å². The summed E-state index contributed by atoms with van der Waals surface area (Å²) in [6.45, 7) is 1.89. The zero-order chi connectivity index (χ0) is 14.8. The number of fused-ring (bicyclic) bond motifs is 1. The molecule has 0 bridgehead atoms. The number of carbonyl (C=O) groups is 1. The molecule has 1 aliphatic carbocycles. The molecule has 0 radical (unpaired) electrons. The Morgan fingerprint density at radius 3 is 2.76 bits per heavy atom. The van der Waals surface area contributed by atoms with Crippen LogP contribution in [0.4, 0.5) is 5.69 Å². The average Bonchev–Trinajstić information content (AvgIpc) is 2.48. The number of hydrogen-bond acceptors (Lipinski definition) is 3. The maximum absolute atomic E-state index is 12.6. The fourth-order valence-corrected chi connectivity index (χ4v) is 3.10. The van der Waals surface area contributed by atoms with Crippen LogP contribution in [0.15, 0.2) is 24.3 Å². The number of nitrogens with two attached hydrogens (primary N) is 1. The predicted molar refractivity (Wildman–Crippen MR) is 85.2 cm³/mol. The molecule has 1 saturated carbocycles. The van der Waals surface area contributed by atoms with Crippen LogP contribution in [0.3, 0.4) is 0 Å². The zero-order valence-corrected chi connectivity index (χ0v) is 12.4. The van der Waals surface area contributed by atoms with Crippen molar-refractivity contribution in [1.82, 2.24) is 10.3 Å². The van der Waals surface area contributed by atoms with Crippen molar-refractivity contribution in [3.63, 3.8) is 0 Å². The molecule has 4 heteroatoms. The van der Waals surface area contributed by atoms with Crippen LogP contribution in [0.1, 0.15) is 48.3 Å². The van der Waals surface area contributed by atoms with E-state index in [1.807, 2.05) is 31.2 Å². The Labute approximate surface area is 124 Å². The first kappa shape index (κ1) is 13.9. The van der Waals surface area contributed by atoms with Gasteiger partial charge < -0.3 is 11.1 Å². The summed E-state index contributed by atoms with van der Waals surface area (Å²) >= 11 is 0. The number of rotatable bonds is 2. The quantitative estimate of drug-likeness (QED) is 0.832. The van der Waals surface area contributed by atoms with Crippen molar-refractivity contribution >= 4 is 22.4 Å². The molecule has 0 unspecified atom stereocenters. The van der Waals surface area contributed by atoms with Crippen LogP contribution in [0.5, 0.6) is 0 Å². The van der Waals surface area contributed by atoms with Crippen molar-refractivity contribution in [3.05, 3.63) is 35.7 Å². The van der Waals surface area contributed by atoms with Gasteiger partial charge in [-0.25, -0.2) is 4.98 Å². The van der Waals surface area contributed by atoms with Crippen LogP contribution in [-0.4, -0.2) is 16.9 Å². The van der Waals surface area contributed by atoms with Gasteiger partial charge in [-0.05, 0) is 31.9 Å². The summed E-state index contributed by atoms with van der Waals surface area (Å²) in [4.78, 5) is 17.0. The summed E-state index contributed by atoms with van der Waals surface area (Å²) in [6, 6.07) is 7.84. The second kappa shape index (κ2) is 5.72. The molecule has 1 amide bonds. The van der Waals surface area contributed by atoms with Gasteiger partial charge in [0.15, 0.2) is 0 Å². The average molecular weight is 283 g/mol. The molecule has 4 nitrogen and oxygen atoms in total. The van der Waals surface area contributed by atoms with Crippen LogP contribution < -0.4 is 11.1 Å². The van der Waals surface area contributed by atoms with E-state index in [2.05, 4.69) is 10.3 Å². The highest BCUT2D eigenvalue weighted by molar-refractivity contribution is 6.08. The number of amides is 1. The van der Waals surface area contributed by atoms with E-state index >= 15 is 0 Å². The minimum atomic E-state index is -0.0822. The lowest BCUT2D eigenvalue weighted by molar-refractivity contribution is 0.0924. The first-order chi connectivity index (χ1) is 10.1. The number of nitrogens with one attached hydrogen (secondary N) is 1. The third kappa shape index (κ3) is 2.84. The molecular weight excluding hydrogens is 262 g/mol. The molecule has 0 aliphatic heterocycles. The fraction of sp³-hybridized carbons (Fsp3) is 0.412. The molecule has 0 saturated heterocycles. The van der Waals surface area contributed by atoms with Crippen molar-refractivity contribution in [2.24, 2.45) is 0 Å². The van der Waals surface area contributed by atoms with E-state index in [1.165, 1.54) is 19.3 Å². The molecule has 1 aliphatic rings. The van der Waals surface area contributed by atoms with E-state index in [4.69, 9.17) is 5.73 Å². The van der Waals surface area contributed by atoms with Crippen LogP contribution in [-0.2, 0) is 0 Å². The first-order valence-corrected chi connectivity index (χ1v) is 7.62. The summed E-state index contributed by atoms with van der Waals surface area (Å²) in [5.41, 5.74) is 8.01. The number of aryl methyl sites for hydroxylation is 1. The normalized spacial score (nSPS) is 16.0. The third-order valence-corrected chi connectivity index (χ3v) is 4.19. The lowest BCUT2D eigenvalue weighted by Gasteiger charge is -2.23. The molecule has 1 fully saturated rings. The van der Waals surface area contributed by atoms with E-state index in [0.717, 1.165) is 29.3 Å². The Balaban J connectivity index is 1.95. The standard InChI is InChI=1S/C17H21N3O/c1-11-10-14-13(8-5-9-15(14)18)16(19-11)17(21)20-12-6-3-2-4-7-12/h5,8-10,12H,2-4,6-7,18H2,1H3,(H,20,21). The third-order valence-electron chi connectivity index (χ3n) is 4.19. The molecule has 1 heterocycles. The summed E-state index contributed by atoms with van der Waals surface area (Å²) in [5, 5.41) is 4.86. The highest BCUT2D eigenvalue weighted by Gasteiger charge is 2.19. The SMILES string of the molecule is Cc1cc2c(N)cccc2c(C(=O)NC2CCCCC2)n1. The van der Waals surface area contributed by atoms with Gasteiger partial charge in [-0.2, -0.15) is 0 Å². The Kier molecular flexibility index (Phi) is 3.78. The molecule has 1 aromatic heterocycles. The highest BCUT2D eigenvalue weighted by Crippen LogP contribution is 2.25. The van der Waals surface area contributed by atoms with Crippen molar-refractivity contribution in [3.8, 4) is 0 Å². The van der Waals surface area contributed by atoms with Gasteiger partial charge in [-0.15, -0.1) is 0 Å². The van der Waals surface area contributed by atoms with Crippen molar-refractivity contribution in [2.45, 2.75) is 45.1 Å². The van der Waals surface area contributed by atoms with Crippen LogP contribution in [0, 0.1) is 6.92 Å². The Hall–Kier alpha value is -2.10. The largest absolute Gasteiger partial charge is 0.398 e. The maximum atomic E-state index is 12.6. The second-order valence-electron chi connectivity index (χ2n) is 5.86. The maximum Gasteiger partial charge on any atom is 0.270 e. The molecule has 3 N–H and O–H groups in total. The Morgan fingerprint density at radius 2 is 2.00 bits per heavy atom. The van der Waals surface area contributed by atoms with Gasteiger partial charge in [0.05, 0.1) is 0 Å². The Morgan fingerprint density at radius 1 is 1.24 bits per heavy atom. The number of anilines is 1. The number of nitrogens with zero attached hydrogens (tertiary/aromatic N) is 1. The fourth-order valence-electron chi connectivity index (χ4n) is 3.10. The summed E-state index contributed by atoms with van der Waals surface area (Å²) in [7, 11) is 0. The van der Waals surface area contributed by atoms with Gasteiger partial charge in [-0.1, -0.05) is 31.4 Å². The predicted octanol–water partition coefficient (Wildman–Crippen LogP) is 3.19. The van der Waals surface area contributed by atoms with Gasteiger partial charge in [-0.3, -0.25) is 4.79 Å². The number of hydrogen-bond donors (Lipinski definition) is 2. The van der Waals surface area contributed by atoms with Gasteiger partial charge >= 0.3 is 0 Å². The molecule has 110 valence electrons. The first-order valence-electron chi connectivity index (χ1n) is 7.62. The van der Waals surface area contributed by atoms with Gasteiger partial charge in [0.1, 0.15) is 5.69 Å².